The first-order valence-electron chi connectivity index (χ1n) is 6.55. The van der Waals surface area contributed by atoms with E-state index >= 15 is 0 Å². The molecular weight excluding hydrogens is 200 g/mol. The van der Waals surface area contributed by atoms with Crippen LogP contribution in [-0.2, 0) is 0 Å². The van der Waals surface area contributed by atoms with Crippen molar-refractivity contribution in [1.82, 2.24) is 9.80 Å². The van der Waals surface area contributed by atoms with Gasteiger partial charge in [0, 0.05) is 18.0 Å². The Balaban J connectivity index is 2.07. The number of aliphatic hydroxyl groups is 1. The summed E-state index contributed by atoms with van der Waals surface area (Å²) in [5, 5.41) is 9.63. The summed E-state index contributed by atoms with van der Waals surface area (Å²) in [6.07, 6.45) is 5.07. The Morgan fingerprint density at radius 1 is 1.44 bits per heavy atom. The molecule has 2 rings (SSSR count). The van der Waals surface area contributed by atoms with E-state index < -0.39 is 0 Å². The van der Waals surface area contributed by atoms with Crippen molar-refractivity contribution in [2.75, 3.05) is 40.8 Å². The Hall–Kier alpha value is -0.120. The van der Waals surface area contributed by atoms with Crippen LogP contribution >= 0.6 is 0 Å². The number of aliphatic hydroxyl groups excluding tert-OH is 1. The SMILES string of the molecule is CN1CCCC(C(N(C)C)C2(CO)CC2)C1. The van der Waals surface area contributed by atoms with Crippen LogP contribution in [-0.4, -0.2) is 61.8 Å². The van der Waals surface area contributed by atoms with E-state index in [9.17, 15) is 5.11 Å². The molecule has 0 amide bonds. The molecule has 1 heterocycles. The van der Waals surface area contributed by atoms with E-state index in [1.54, 1.807) is 0 Å². The van der Waals surface area contributed by atoms with Gasteiger partial charge in [-0.2, -0.15) is 0 Å². The number of hydrogen-bond acceptors (Lipinski definition) is 3. The first kappa shape index (κ1) is 12.3. The number of piperidine rings is 1. The van der Waals surface area contributed by atoms with Crippen molar-refractivity contribution >= 4 is 0 Å². The summed E-state index contributed by atoms with van der Waals surface area (Å²) in [6, 6.07) is 0.570. The zero-order chi connectivity index (χ0) is 11.8. The molecule has 2 fully saturated rings. The molecule has 0 radical (unpaired) electrons. The van der Waals surface area contributed by atoms with Crippen LogP contribution in [0.4, 0.5) is 0 Å². The predicted molar refractivity (Wildman–Crippen MR) is 66.4 cm³/mol. The molecule has 0 bridgehead atoms. The molecule has 3 nitrogen and oxygen atoms in total. The molecule has 0 aromatic heterocycles. The van der Waals surface area contributed by atoms with Gasteiger partial charge >= 0.3 is 0 Å². The highest BCUT2D eigenvalue weighted by Crippen LogP contribution is 2.52. The highest BCUT2D eigenvalue weighted by atomic mass is 16.3. The number of likely N-dealkylation sites (tertiary alicyclic amines) is 1. The van der Waals surface area contributed by atoms with Crippen LogP contribution < -0.4 is 0 Å². The Labute approximate surface area is 99.4 Å². The van der Waals surface area contributed by atoms with Gasteiger partial charge in [-0.15, -0.1) is 0 Å². The molecule has 0 spiro atoms. The second kappa shape index (κ2) is 4.63. The van der Waals surface area contributed by atoms with Crippen molar-refractivity contribution < 1.29 is 5.11 Å². The third kappa shape index (κ3) is 2.27. The molecule has 1 aliphatic heterocycles. The van der Waals surface area contributed by atoms with E-state index in [-0.39, 0.29) is 5.41 Å². The summed E-state index contributed by atoms with van der Waals surface area (Å²) in [7, 11) is 6.57. The Morgan fingerprint density at radius 3 is 2.56 bits per heavy atom. The topological polar surface area (TPSA) is 26.7 Å². The minimum Gasteiger partial charge on any atom is -0.396 e. The molecule has 0 aromatic carbocycles. The van der Waals surface area contributed by atoms with Crippen molar-refractivity contribution in [2.24, 2.45) is 11.3 Å². The molecule has 1 saturated heterocycles. The summed E-state index contributed by atoms with van der Waals surface area (Å²) in [4.78, 5) is 4.80. The monoisotopic (exact) mass is 226 g/mol. The van der Waals surface area contributed by atoms with Gasteiger partial charge in [0.05, 0.1) is 6.61 Å². The summed E-state index contributed by atoms with van der Waals surface area (Å²) >= 11 is 0. The Morgan fingerprint density at radius 2 is 2.12 bits per heavy atom. The fraction of sp³-hybridized carbons (Fsp3) is 1.00. The fourth-order valence-electron chi connectivity index (χ4n) is 3.64. The normalized spacial score (nSPS) is 31.7. The summed E-state index contributed by atoms with van der Waals surface area (Å²) in [5.41, 5.74) is 0.229. The lowest BCUT2D eigenvalue weighted by atomic mass is 9.80. The van der Waals surface area contributed by atoms with Gasteiger partial charge < -0.3 is 14.9 Å². The van der Waals surface area contributed by atoms with E-state index in [4.69, 9.17) is 0 Å². The lowest BCUT2D eigenvalue weighted by molar-refractivity contribution is 0.0426. The molecule has 3 heteroatoms. The average Bonchev–Trinajstić information content (AvgIpc) is 2.99. The predicted octanol–water partition coefficient (Wildman–Crippen LogP) is 1.03. The molecule has 1 aliphatic carbocycles. The van der Waals surface area contributed by atoms with Crippen LogP contribution in [0, 0.1) is 11.3 Å². The highest BCUT2D eigenvalue weighted by Gasteiger charge is 2.52. The van der Waals surface area contributed by atoms with Gasteiger partial charge in [-0.05, 0) is 59.3 Å². The Bertz CT molecular complexity index is 238. The van der Waals surface area contributed by atoms with Crippen LogP contribution in [0.25, 0.3) is 0 Å². The van der Waals surface area contributed by atoms with Gasteiger partial charge in [-0.25, -0.2) is 0 Å². The largest absolute Gasteiger partial charge is 0.396 e. The molecule has 16 heavy (non-hydrogen) atoms. The molecule has 94 valence electrons. The maximum Gasteiger partial charge on any atom is 0.0502 e. The molecule has 2 atom stereocenters. The summed E-state index contributed by atoms with van der Waals surface area (Å²) in [5.74, 6) is 0.739. The molecular formula is C13H26N2O. The van der Waals surface area contributed by atoms with E-state index in [1.807, 2.05) is 0 Å². The maximum atomic E-state index is 9.63. The van der Waals surface area contributed by atoms with E-state index in [0.717, 1.165) is 5.92 Å². The smallest absolute Gasteiger partial charge is 0.0502 e. The van der Waals surface area contributed by atoms with Gasteiger partial charge in [-0.1, -0.05) is 0 Å². The minimum absolute atomic E-state index is 0.229. The van der Waals surface area contributed by atoms with Crippen molar-refractivity contribution in [2.45, 2.75) is 31.7 Å². The molecule has 1 saturated carbocycles. The van der Waals surface area contributed by atoms with E-state index in [0.29, 0.717) is 12.6 Å². The highest BCUT2D eigenvalue weighted by molar-refractivity contribution is 5.05. The van der Waals surface area contributed by atoms with Crippen molar-refractivity contribution in [1.29, 1.82) is 0 Å². The second-order valence-corrected chi connectivity index (χ2v) is 6.09. The van der Waals surface area contributed by atoms with Gasteiger partial charge in [0.15, 0.2) is 0 Å². The minimum atomic E-state index is 0.229. The van der Waals surface area contributed by atoms with Gasteiger partial charge in [0.1, 0.15) is 0 Å². The van der Waals surface area contributed by atoms with Gasteiger partial charge in [0.25, 0.3) is 0 Å². The number of rotatable bonds is 4. The van der Waals surface area contributed by atoms with Crippen molar-refractivity contribution in [3.8, 4) is 0 Å². The first-order chi connectivity index (χ1) is 7.59. The average molecular weight is 226 g/mol. The quantitative estimate of drug-likeness (QED) is 0.775. The lowest BCUT2D eigenvalue weighted by Crippen LogP contribution is -2.49. The maximum absolute atomic E-state index is 9.63. The molecule has 0 aromatic rings. The van der Waals surface area contributed by atoms with Gasteiger partial charge in [0.2, 0.25) is 0 Å². The summed E-state index contributed by atoms with van der Waals surface area (Å²) < 4.78 is 0. The Kier molecular flexibility index (Phi) is 3.57. The van der Waals surface area contributed by atoms with Crippen molar-refractivity contribution in [3.63, 3.8) is 0 Å². The van der Waals surface area contributed by atoms with Crippen LogP contribution in [0.2, 0.25) is 0 Å². The van der Waals surface area contributed by atoms with E-state index in [1.165, 1.54) is 38.8 Å². The standard InChI is InChI=1S/C13H26N2O/c1-14(2)12(13(10-16)6-7-13)11-5-4-8-15(3)9-11/h11-12,16H,4-10H2,1-3H3. The number of nitrogens with zero attached hydrogens (tertiary/aromatic N) is 2. The third-order valence-corrected chi connectivity index (χ3v) is 4.50. The lowest BCUT2D eigenvalue weighted by Gasteiger charge is -2.42. The first-order valence-corrected chi connectivity index (χ1v) is 6.55. The zero-order valence-electron chi connectivity index (χ0n) is 10.9. The van der Waals surface area contributed by atoms with Crippen LogP contribution in [0.3, 0.4) is 0 Å². The second-order valence-electron chi connectivity index (χ2n) is 6.09. The number of hydrogen-bond donors (Lipinski definition) is 1. The van der Waals surface area contributed by atoms with E-state index in [2.05, 4.69) is 30.9 Å². The third-order valence-electron chi connectivity index (χ3n) is 4.50. The summed E-state index contributed by atoms with van der Waals surface area (Å²) in [6.45, 7) is 2.81. The fourth-order valence-corrected chi connectivity index (χ4v) is 3.64. The molecule has 2 unspecified atom stereocenters. The van der Waals surface area contributed by atoms with Crippen molar-refractivity contribution in [3.05, 3.63) is 0 Å². The van der Waals surface area contributed by atoms with Gasteiger partial charge in [-0.3, -0.25) is 0 Å². The molecule has 2 aliphatic rings. The van der Waals surface area contributed by atoms with Crippen LogP contribution in [0.15, 0.2) is 0 Å². The van der Waals surface area contributed by atoms with Crippen LogP contribution in [0.5, 0.6) is 0 Å². The zero-order valence-corrected chi connectivity index (χ0v) is 10.9. The van der Waals surface area contributed by atoms with Crippen LogP contribution in [0.1, 0.15) is 25.7 Å². The molecule has 1 N–H and O–H groups in total.